The second-order valence-corrected chi connectivity index (χ2v) is 8.99. The molecule has 1 aliphatic rings. The highest BCUT2D eigenvalue weighted by atomic mass is 19.1. The summed E-state index contributed by atoms with van der Waals surface area (Å²) >= 11 is 0. The molecule has 0 bridgehead atoms. The molecule has 2 heterocycles. The summed E-state index contributed by atoms with van der Waals surface area (Å²) in [4.78, 5) is 49.5. The van der Waals surface area contributed by atoms with Gasteiger partial charge in [-0.05, 0) is 70.0 Å². The molecule has 9 heteroatoms. The van der Waals surface area contributed by atoms with E-state index in [0.29, 0.717) is 30.0 Å². The number of aromatic nitrogens is 2. The lowest BCUT2D eigenvalue weighted by atomic mass is 10.0. The Balaban J connectivity index is 1.87. The van der Waals surface area contributed by atoms with E-state index in [-0.39, 0.29) is 35.3 Å². The van der Waals surface area contributed by atoms with Crippen LogP contribution < -0.4 is 10.6 Å². The van der Waals surface area contributed by atoms with Gasteiger partial charge in [0.05, 0.1) is 17.8 Å². The Morgan fingerprint density at radius 2 is 1.79 bits per heavy atom. The number of aryl methyl sites for hydroxylation is 1. The number of ketones is 1. The third kappa shape index (κ3) is 5.64. The maximum Gasteiger partial charge on any atom is 0.245 e. The minimum absolute atomic E-state index is 0.107. The standard InChI is InChI=1S/C25H32FN5O3/c1-14(2)22(30-24(33)15(3)27-5)25(34)31-12-6-7-21(31)19-13-20(29-16(4)28-19)23(32)17-8-10-18(26)11-9-17/h8-11,13-15,21-22,27H,6-7,12H2,1-5H3,(H,30,33)/t15?,21-,22?/m0/s1. The van der Waals surface area contributed by atoms with E-state index < -0.39 is 17.9 Å². The molecule has 8 nitrogen and oxygen atoms in total. The molecule has 1 aromatic heterocycles. The first-order valence-electron chi connectivity index (χ1n) is 11.6. The van der Waals surface area contributed by atoms with E-state index in [0.717, 1.165) is 6.42 Å². The minimum Gasteiger partial charge on any atom is -0.343 e. The number of carbonyl (C=O) groups is 3. The lowest BCUT2D eigenvalue weighted by molar-refractivity contribution is -0.139. The maximum absolute atomic E-state index is 13.5. The van der Waals surface area contributed by atoms with Crippen LogP contribution >= 0.6 is 0 Å². The predicted molar refractivity (Wildman–Crippen MR) is 126 cm³/mol. The largest absolute Gasteiger partial charge is 0.343 e. The summed E-state index contributed by atoms with van der Waals surface area (Å²) in [7, 11) is 1.69. The molecular formula is C25H32FN5O3. The van der Waals surface area contributed by atoms with Gasteiger partial charge in [-0.15, -0.1) is 0 Å². The first kappa shape index (κ1) is 25.4. The van der Waals surface area contributed by atoms with Gasteiger partial charge in [-0.3, -0.25) is 14.4 Å². The molecule has 2 N–H and O–H groups in total. The summed E-state index contributed by atoms with van der Waals surface area (Å²) in [5, 5.41) is 5.76. The van der Waals surface area contributed by atoms with Gasteiger partial charge in [0.2, 0.25) is 17.6 Å². The van der Waals surface area contributed by atoms with Crippen LogP contribution in [0.3, 0.4) is 0 Å². The first-order chi connectivity index (χ1) is 16.1. The molecule has 0 spiro atoms. The predicted octanol–water partition coefficient (Wildman–Crippen LogP) is 2.57. The van der Waals surface area contributed by atoms with Crippen LogP contribution in [0, 0.1) is 18.7 Å². The molecule has 3 atom stereocenters. The van der Waals surface area contributed by atoms with Crippen molar-refractivity contribution < 1.29 is 18.8 Å². The molecule has 0 saturated carbocycles. The van der Waals surface area contributed by atoms with Crippen LogP contribution in [0.2, 0.25) is 0 Å². The molecule has 2 aromatic rings. The Morgan fingerprint density at radius 3 is 2.41 bits per heavy atom. The van der Waals surface area contributed by atoms with Crippen molar-refractivity contribution in [3.8, 4) is 0 Å². The van der Waals surface area contributed by atoms with Gasteiger partial charge >= 0.3 is 0 Å². The van der Waals surface area contributed by atoms with Gasteiger partial charge in [-0.2, -0.15) is 0 Å². The zero-order valence-electron chi connectivity index (χ0n) is 20.3. The highest BCUT2D eigenvalue weighted by Gasteiger charge is 2.37. The molecule has 1 aliphatic heterocycles. The fraction of sp³-hybridized carbons (Fsp3) is 0.480. The maximum atomic E-state index is 13.5. The molecular weight excluding hydrogens is 437 g/mol. The van der Waals surface area contributed by atoms with Gasteiger partial charge in [-0.25, -0.2) is 14.4 Å². The molecule has 34 heavy (non-hydrogen) atoms. The number of likely N-dealkylation sites (N-methyl/N-ethyl adjacent to an activating group) is 1. The van der Waals surface area contributed by atoms with Crippen LogP contribution in [0.4, 0.5) is 4.39 Å². The molecule has 1 aromatic carbocycles. The fourth-order valence-corrected chi connectivity index (χ4v) is 4.07. The van der Waals surface area contributed by atoms with E-state index in [2.05, 4.69) is 20.6 Å². The van der Waals surface area contributed by atoms with Crippen molar-refractivity contribution in [1.82, 2.24) is 25.5 Å². The molecule has 1 saturated heterocycles. The molecule has 0 aliphatic carbocycles. The second kappa shape index (κ2) is 10.8. The number of benzene rings is 1. The van der Waals surface area contributed by atoms with Gasteiger partial charge in [0.1, 0.15) is 23.4 Å². The number of rotatable bonds is 8. The first-order valence-corrected chi connectivity index (χ1v) is 11.6. The number of likely N-dealkylation sites (tertiary alicyclic amines) is 1. The van der Waals surface area contributed by atoms with Crippen LogP contribution in [0.5, 0.6) is 0 Å². The Kier molecular flexibility index (Phi) is 8.09. The fourth-order valence-electron chi connectivity index (χ4n) is 4.07. The normalized spacial score (nSPS) is 17.5. The van der Waals surface area contributed by atoms with E-state index in [1.165, 1.54) is 24.3 Å². The Bertz CT molecular complexity index is 1060. The van der Waals surface area contributed by atoms with Gasteiger partial charge in [0, 0.05) is 12.1 Å². The quantitative estimate of drug-likeness (QED) is 0.576. The van der Waals surface area contributed by atoms with Crippen molar-refractivity contribution in [2.24, 2.45) is 5.92 Å². The molecule has 0 radical (unpaired) electrons. The van der Waals surface area contributed by atoms with E-state index in [9.17, 15) is 18.8 Å². The molecule has 1 fully saturated rings. The third-order valence-electron chi connectivity index (χ3n) is 6.13. The second-order valence-electron chi connectivity index (χ2n) is 8.99. The lowest BCUT2D eigenvalue weighted by Gasteiger charge is -2.31. The number of nitrogens with zero attached hydrogens (tertiary/aromatic N) is 3. The summed E-state index contributed by atoms with van der Waals surface area (Å²) in [5.41, 5.74) is 1.11. The Morgan fingerprint density at radius 1 is 1.12 bits per heavy atom. The Labute approximate surface area is 199 Å². The highest BCUT2D eigenvalue weighted by Crippen LogP contribution is 2.32. The SMILES string of the molecule is CNC(C)C(=O)NC(C(=O)N1CCC[C@H]1c1cc(C(=O)c2ccc(F)cc2)nc(C)n1)C(C)C. The number of nitrogens with one attached hydrogen (secondary N) is 2. The summed E-state index contributed by atoms with van der Waals surface area (Å²) in [5.74, 6) is -0.862. The summed E-state index contributed by atoms with van der Waals surface area (Å²) in [6, 6.07) is 5.49. The summed E-state index contributed by atoms with van der Waals surface area (Å²) in [6.45, 7) is 7.76. The number of hydrogen-bond acceptors (Lipinski definition) is 6. The lowest BCUT2D eigenvalue weighted by Crippen LogP contribution is -2.54. The average Bonchev–Trinajstić information content (AvgIpc) is 3.31. The van der Waals surface area contributed by atoms with E-state index in [4.69, 9.17) is 0 Å². The number of amides is 2. The van der Waals surface area contributed by atoms with Crippen molar-refractivity contribution in [3.05, 3.63) is 58.9 Å². The molecule has 182 valence electrons. The van der Waals surface area contributed by atoms with Crippen LogP contribution in [0.25, 0.3) is 0 Å². The van der Waals surface area contributed by atoms with E-state index in [1.54, 1.807) is 31.9 Å². The molecule has 2 unspecified atom stereocenters. The van der Waals surface area contributed by atoms with Gasteiger partial charge < -0.3 is 15.5 Å². The van der Waals surface area contributed by atoms with Crippen molar-refractivity contribution in [2.45, 2.75) is 58.7 Å². The number of halogens is 1. The monoisotopic (exact) mass is 469 g/mol. The number of hydrogen-bond donors (Lipinski definition) is 2. The number of carbonyl (C=O) groups excluding carboxylic acids is 3. The molecule has 3 rings (SSSR count). The van der Waals surface area contributed by atoms with Crippen molar-refractivity contribution >= 4 is 17.6 Å². The summed E-state index contributed by atoms with van der Waals surface area (Å²) < 4.78 is 13.3. The summed E-state index contributed by atoms with van der Waals surface area (Å²) in [6.07, 6.45) is 1.48. The average molecular weight is 470 g/mol. The minimum atomic E-state index is -0.674. The van der Waals surface area contributed by atoms with Gasteiger partial charge in [-0.1, -0.05) is 13.8 Å². The van der Waals surface area contributed by atoms with Crippen molar-refractivity contribution in [3.63, 3.8) is 0 Å². The van der Waals surface area contributed by atoms with Crippen molar-refractivity contribution in [1.29, 1.82) is 0 Å². The Hall–Kier alpha value is -3.20. The third-order valence-corrected chi connectivity index (χ3v) is 6.13. The topological polar surface area (TPSA) is 104 Å². The zero-order valence-corrected chi connectivity index (χ0v) is 20.3. The van der Waals surface area contributed by atoms with Crippen LogP contribution in [0.1, 0.15) is 67.2 Å². The van der Waals surface area contributed by atoms with E-state index in [1.807, 2.05) is 13.8 Å². The van der Waals surface area contributed by atoms with Crippen LogP contribution in [-0.4, -0.2) is 58.1 Å². The smallest absolute Gasteiger partial charge is 0.245 e. The van der Waals surface area contributed by atoms with Crippen molar-refractivity contribution in [2.75, 3.05) is 13.6 Å². The van der Waals surface area contributed by atoms with Gasteiger partial charge in [0.15, 0.2) is 0 Å². The van der Waals surface area contributed by atoms with Gasteiger partial charge in [0.25, 0.3) is 0 Å². The van der Waals surface area contributed by atoms with Crippen LogP contribution in [0.15, 0.2) is 30.3 Å². The van der Waals surface area contributed by atoms with E-state index >= 15 is 0 Å². The van der Waals surface area contributed by atoms with Crippen LogP contribution in [-0.2, 0) is 9.59 Å². The molecule has 2 amide bonds. The zero-order chi connectivity index (χ0) is 25.0. The highest BCUT2D eigenvalue weighted by molar-refractivity contribution is 6.07.